The van der Waals surface area contributed by atoms with Crippen molar-refractivity contribution in [3.8, 4) is 0 Å². The Labute approximate surface area is 99.2 Å². The second kappa shape index (κ2) is 11.7. The summed E-state index contributed by atoms with van der Waals surface area (Å²) in [6.07, 6.45) is 6.44. The molecular weight excluding hydrogens is 212 g/mol. The number of hydrogen-bond acceptors (Lipinski definition) is 2. The van der Waals surface area contributed by atoms with Gasteiger partial charge in [-0.15, -0.1) is 12.4 Å². The Bertz CT molecular complexity index is 178. The summed E-state index contributed by atoms with van der Waals surface area (Å²) in [5.74, 6) is 0.243. The van der Waals surface area contributed by atoms with Crippen LogP contribution in [0.3, 0.4) is 0 Å². The first-order chi connectivity index (χ1) is 6.70. The second-order valence-electron chi connectivity index (χ2n) is 3.81. The van der Waals surface area contributed by atoms with Crippen LogP contribution < -0.4 is 0 Å². The lowest BCUT2D eigenvalue weighted by Gasteiger charge is -1.99. The van der Waals surface area contributed by atoms with Crippen LogP contribution in [0.2, 0.25) is 0 Å². The van der Waals surface area contributed by atoms with E-state index in [9.17, 15) is 9.59 Å². The second-order valence-corrected chi connectivity index (χ2v) is 3.81. The molecule has 3 heteroatoms. The van der Waals surface area contributed by atoms with Crippen molar-refractivity contribution >= 4 is 24.0 Å². The van der Waals surface area contributed by atoms with Gasteiger partial charge in [0.25, 0.3) is 0 Å². The fourth-order valence-electron chi connectivity index (χ4n) is 1.34. The van der Waals surface area contributed by atoms with Gasteiger partial charge in [0.2, 0.25) is 0 Å². The summed E-state index contributed by atoms with van der Waals surface area (Å²) in [6, 6.07) is 0. The molecule has 90 valence electrons. The summed E-state index contributed by atoms with van der Waals surface area (Å²) < 4.78 is 0. The average molecular weight is 235 g/mol. The number of halogens is 1. The number of unbranched alkanes of at least 4 members (excludes halogenated alkanes) is 3. The first-order valence-electron chi connectivity index (χ1n) is 5.74. The molecule has 0 amide bonds. The van der Waals surface area contributed by atoms with Gasteiger partial charge in [0, 0.05) is 12.8 Å². The SMILES string of the molecule is CCCCCC(=O)CC(=O)CCCC.Cl. The van der Waals surface area contributed by atoms with E-state index in [2.05, 4.69) is 13.8 Å². The van der Waals surface area contributed by atoms with E-state index in [0.29, 0.717) is 12.8 Å². The van der Waals surface area contributed by atoms with E-state index in [4.69, 9.17) is 0 Å². The lowest BCUT2D eigenvalue weighted by Crippen LogP contribution is -2.07. The van der Waals surface area contributed by atoms with Crippen LogP contribution in [0.25, 0.3) is 0 Å². The van der Waals surface area contributed by atoms with Crippen molar-refractivity contribution in [3.63, 3.8) is 0 Å². The lowest BCUT2D eigenvalue weighted by molar-refractivity contribution is -0.127. The molecule has 0 aromatic rings. The molecule has 0 saturated carbocycles. The number of carbonyl (C=O) groups excluding carboxylic acids is 2. The van der Waals surface area contributed by atoms with E-state index >= 15 is 0 Å². The maximum atomic E-state index is 11.3. The molecule has 0 atom stereocenters. The topological polar surface area (TPSA) is 34.1 Å². The molecule has 0 heterocycles. The molecule has 0 aliphatic carbocycles. The minimum Gasteiger partial charge on any atom is -0.299 e. The first kappa shape index (κ1) is 17.0. The van der Waals surface area contributed by atoms with Crippen LogP contribution in [0.4, 0.5) is 0 Å². The van der Waals surface area contributed by atoms with Crippen LogP contribution in [0.5, 0.6) is 0 Å². The summed E-state index contributed by atoms with van der Waals surface area (Å²) in [4.78, 5) is 22.5. The van der Waals surface area contributed by atoms with E-state index < -0.39 is 0 Å². The van der Waals surface area contributed by atoms with E-state index in [1.165, 1.54) is 0 Å². The highest BCUT2D eigenvalue weighted by molar-refractivity contribution is 5.98. The summed E-state index contributed by atoms with van der Waals surface area (Å²) in [7, 11) is 0. The van der Waals surface area contributed by atoms with Crippen LogP contribution >= 0.6 is 12.4 Å². The van der Waals surface area contributed by atoms with Crippen LogP contribution in [0.1, 0.15) is 65.2 Å². The predicted octanol–water partition coefficient (Wildman–Crippen LogP) is 3.71. The zero-order valence-corrected chi connectivity index (χ0v) is 10.7. The molecule has 0 fully saturated rings. The highest BCUT2D eigenvalue weighted by Crippen LogP contribution is 2.05. The molecule has 0 aromatic heterocycles. The van der Waals surface area contributed by atoms with Gasteiger partial charge >= 0.3 is 0 Å². The van der Waals surface area contributed by atoms with Gasteiger partial charge in [-0.05, 0) is 12.8 Å². The number of Topliss-reactive ketones (excluding diaryl/α,β-unsaturated/α-hetero) is 2. The van der Waals surface area contributed by atoms with Crippen molar-refractivity contribution < 1.29 is 9.59 Å². The summed E-state index contributed by atoms with van der Waals surface area (Å²) in [5.41, 5.74) is 0. The maximum absolute atomic E-state index is 11.3. The zero-order valence-electron chi connectivity index (χ0n) is 9.88. The monoisotopic (exact) mass is 234 g/mol. The van der Waals surface area contributed by atoms with E-state index in [1.807, 2.05) is 0 Å². The summed E-state index contributed by atoms with van der Waals surface area (Å²) in [6.45, 7) is 4.16. The van der Waals surface area contributed by atoms with Crippen molar-refractivity contribution in [2.24, 2.45) is 0 Å². The smallest absolute Gasteiger partial charge is 0.140 e. The van der Waals surface area contributed by atoms with Crippen molar-refractivity contribution in [2.45, 2.75) is 65.2 Å². The molecule has 0 saturated heterocycles. The Kier molecular flexibility index (Phi) is 13.3. The van der Waals surface area contributed by atoms with Gasteiger partial charge < -0.3 is 0 Å². The van der Waals surface area contributed by atoms with Crippen molar-refractivity contribution in [1.82, 2.24) is 0 Å². The third-order valence-electron chi connectivity index (χ3n) is 2.26. The molecule has 0 radical (unpaired) electrons. The molecule has 0 aliphatic heterocycles. The number of rotatable bonds is 9. The van der Waals surface area contributed by atoms with E-state index in [1.54, 1.807) is 0 Å². The largest absolute Gasteiger partial charge is 0.299 e. The third-order valence-corrected chi connectivity index (χ3v) is 2.26. The van der Waals surface area contributed by atoms with E-state index in [-0.39, 0.29) is 30.4 Å². The van der Waals surface area contributed by atoms with Crippen molar-refractivity contribution in [1.29, 1.82) is 0 Å². The molecule has 0 aromatic carbocycles. The van der Waals surface area contributed by atoms with Gasteiger partial charge in [0.1, 0.15) is 11.6 Å². The van der Waals surface area contributed by atoms with Crippen LogP contribution in [-0.2, 0) is 9.59 Å². The standard InChI is InChI=1S/C12H22O2.ClH/c1-3-5-7-9-12(14)10-11(13)8-6-4-2;/h3-10H2,1-2H3;1H. The molecule has 0 rings (SSSR count). The minimum atomic E-state index is 0. The minimum absolute atomic E-state index is 0. The zero-order chi connectivity index (χ0) is 10.8. The molecule has 0 bridgehead atoms. The summed E-state index contributed by atoms with van der Waals surface area (Å²) >= 11 is 0. The highest BCUT2D eigenvalue weighted by atomic mass is 35.5. The molecule has 0 N–H and O–H groups in total. The summed E-state index contributed by atoms with van der Waals surface area (Å²) in [5, 5.41) is 0. The van der Waals surface area contributed by atoms with Crippen LogP contribution in [-0.4, -0.2) is 11.6 Å². The molecule has 15 heavy (non-hydrogen) atoms. The molecule has 0 unspecified atom stereocenters. The normalized spacial score (nSPS) is 9.47. The number of hydrogen-bond donors (Lipinski definition) is 0. The molecule has 0 aliphatic rings. The number of ketones is 2. The Morgan fingerprint density at radius 3 is 1.73 bits per heavy atom. The Morgan fingerprint density at radius 1 is 0.800 bits per heavy atom. The number of carbonyl (C=O) groups is 2. The first-order valence-corrected chi connectivity index (χ1v) is 5.74. The Morgan fingerprint density at radius 2 is 1.27 bits per heavy atom. The van der Waals surface area contributed by atoms with Crippen LogP contribution in [0, 0.1) is 0 Å². The van der Waals surface area contributed by atoms with Gasteiger partial charge in [-0.1, -0.05) is 33.1 Å². The quantitative estimate of drug-likeness (QED) is 0.450. The predicted molar refractivity (Wildman–Crippen MR) is 65.5 cm³/mol. The van der Waals surface area contributed by atoms with Crippen LogP contribution in [0.15, 0.2) is 0 Å². The van der Waals surface area contributed by atoms with Gasteiger partial charge in [0.05, 0.1) is 6.42 Å². The van der Waals surface area contributed by atoms with Crippen molar-refractivity contribution in [2.75, 3.05) is 0 Å². The highest BCUT2D eigenvalue weighted by Gasteiger charge is 2.08. The molecular formula is C12H23ClO2. The van der Waals surface area contributed by atoms with Gasteiger partial charge in [0.15, 0.2) is 0 Å². The third kappa shape index (κ3) is 11.6. The van der Waals surface area contributed by atoms with Gasteiger partial charge in [-0.3, -0.25) is 9.59 Å². The Balaban J connectivity index is 0. The fourth-order valence-corrected chi connectivity index (χ4v) is 1.34. The maximum Gasteiger partial charge on any atom is 0.140 e. The fraction of sp³-hybridized carbons (Fsp3) is 0.833. The molecule has 2 nitrogen and oxygen atoms in total. The van der Waals surface area contributed by atoms with E-state index in [0.717, 1.165) is 32.1 Å². The molecule has 0 spiro atoms. The lowest BCUT2D eigenvalue weighted by atomic mass is 10.0. The average Bonchev–Trinajstić information content (AvgIpc) is 2.15. The van der Waals surface area contributed by atoms with Gasteiger partial charge in [-0.25, -0.2) is 0 Å². The Hall–Kier alpha value is -0.370. The van der Waals surface area contributed by atoms with Gasteiger partial charge in [-0.2, -0.15) is 0 Å². The van der Waals surface area contributed by atoms with Crippen molar-refractivity contribution in [3.05, 3.63) is 0 Å².